The van der Waals surface area contributed by atoms with E-state index in [4.69, 9.17) is 4.74 Å². The van der Waals surface area contributed by atoms with Gasteiger partial charge in [-0.05, 0) is 24.3 Å². The number of hydrazone groups is 1. The molecular formula is C18H18N4O3. The molecule has 2 aromatic rings. The number of nitrogens with zero attached hydrogens (tertiary/aromatic N) is 2. The van der Waals surface area contributed by atoms with Crippen molar-refractivity contribution < 1.29 is 14.3 Å². The van der Waals surface area contributed by atoms with Crippen LogP contribution in [0.4, 0.5) is 5.69 Å². The Morgan fingerprint density at radius 2 is 2.16 bits per heavy atom. The first kappa shape index (κ1) is 16.6. The summed E-state index contributed by atoms with van der Waals surface area (Å²) in [5.41, 5.74) is 4.95. The number of anilines is 1. The normalized spacial score (nSPS) is 16.6. The molecule has 1 unspecified atom stereocenters. The Morgan fingerprint density at radius 3 is 2.84 bits per heavy atom. The molecule has 1 aromatic heterocycles. The average molecular weight is 338 g/mol. The Bertz CT molecular complexity index is 833. The fraction of sp³-hybridized carbons (Fsp3) is 0.222. The quantitative estimate of drug-likeness (QED) is 0.894. The molecular weight excluding hydrogens is 320 g/mol. The predicted molar refractivity (Wildman–Crippen MR) is 93.6 cm³/mol. The fourth-order valence-electron chi connectivity index (χ4n) is 2.65. The number of rotatable bonds is 4. The van der Waals surface area contributed by atoms with Gasteiger partial charge >= 0.3 is 0 Å². The zero-order valence-corrected chi connectivity index (χ0v) is 13.9. The van der Waals surface area contributed by atoms with Gasteiger partial charge in [0.05, 0.1) is 12.8 Å². The summed E-state index contributed by atoms with van der Waals surface area (Å²) >= 11 is 0. The third-order valence-corrected chi connectivity index (χ3v) is 3.89. The number of benzene rings is 1. The molecule has 7 heteroatoms. The summed E-state index contributed by atoms with van der Waals surface area (Å²) < 4.78 is 5.44. The van der Waals surface area contributed by atoms with Gasteiger partial charge in [0.15, 0.2) is 0 Å². The van der Waals surface area contributed by atoms with E-state index in [0.29, 0.717) is 23.6 Å². The smallest absolute Gasteiger partial charge is 0.274 e. The number of nitrogens with one attached hydrogen (secondary N) is 2. The largest absolute Gasteiger partial charge is 0.496 e. The van der Waals surface area contributed by atoms with E-state index in [-0.39, 0.29) is 17.7 Å². The van der Waals surface area contributed by atoms with Gasteiger partial charge in [-0.1, -0.05) is 13.0 Å². The highest BCUT2D eigenvalue weighted by atomic mass is 16.5. The zero-order chi connectivity index (χ0) is 17.8. The van der Waals surface area contributed by atoms with Crippen molar-refractivity contribution in [2.24, 2.45) is 11.0 Å². The van der Waals surface area contributed by atoms with Gasteiger partial charge in [-0.3, -0.25) is 14.6 Å². The highest BCUT2D eigenvalue weighted by Gasteiger charge is 2.24. The van der Waals surface area contributed by atoms with E-state index in [1.807, 2.05) is 13.0 Å². The van der Waals surface area contributed by atoms with Crippen LogP contribution in [0.25, 0.3) is 0 Å². The topological polar surface area (TPSA) is 92.7 Å². The molecule has 2 heterocycles. The molecule has 1 aromatic carbocycles. The molecule has 128 valence electrons. The SMILES string of the molecule is COc1cc(NC(=O)c2ccccn2)ccc1C1=NNC(=O)CC1C. The monoisotopic (exact) mass is 338 g/mol. The van der Waals surface area contributed by atoms with Crippen LogP contribution in [0.1, 0.15) is 29.4 Å². The van der Waals surface area contributed by atoms with E-state index >= 15 is 0 Å². The number of aromatic nitrogens is 1. The molecule has 0 spiro atoms. The lowest BCUT2D eigenvalue weighted by Gasteiger charge is -2.21. The minimum absolute atomic E-state index is 0.0170. The lowest BCUT2D eigenvalue weighted by Crippen LogP contribution is -2.32. The molecule has 1 atom stereocenters. The van der Waals surface area contributed by atoms with Gasteiger partial charge in [-0.2, -0.15) is 5.10 Å². The molecule has 3 rings (SSSR count). The van der Waals surface area contributed by atoms with Crippen molar-refractivity contribution in [3.63, 3.8) is 0 Å². The highest BCUT2D eigenvalue weighted by Crippen LogP contribution is 2.28. The van der Waals surface area contributed by atoms with Crippen LogP contribution in [0.3, 0.4) is 0 Å². The summed E-state index contributed by atoms with van der Waals surface area (Å²) in [4.78, 5) is 27.6. The molecule has 2 amide bonds. The van der Waals surface area contributed by atoms with Crippen LogP contribution in [-0.2, 0) is 4.79 Å². The maximum atomic E-state index is 12.2. The number of hydrogen-bond donors (Lipinski definition) is 2. The van der Waals surface area contributed by atoms with Gasteiger partial charge in [0.25, 0.3) is 5.91 Å². The summed E-state index contributed by atoms with van der Waals surface area (Å²) in [6, 6.07) is 10.5. The van der Waals surface area contributed by atoms with Crippen molar-refractivity contribution >= 4 is 23.2 Å². The average Bonchev–Trinajstić information content (AvgIpc) is 2.63. The third-order valence-electron chi connectivity index (χ3n) is 3.89. The number of ether oxygens (including phenoxy) is 1. The van der Waals surface area contributed by atoms with Crippen molar-refractivity contribution in [2.45, 2.75) is 13.3 Å². The molecule has 1 aliphatic rings. The Kier molecular flexibility index (Phi) is 4.74. The maximum Gasteiger partial charge on any atom is 0.274 e. The van der Waals surface area contributed by atoms with Crippen molar-refractivity contribution in [1.82, 2.24) is 10.4 Å². The number of carbonyl (C=O) groups excluding carboxylic acids is 2. The van der Waals surface area contributed by atoms with E-state index in [2.05, 4.69) is 20.8 Å². The molecule has 1 aliphatic heterocycles. The van der Waals surface area contributed by atoms with Crippen LogP contribution in [0, 0.1) is 5.92 Å². The summed E-state index contributed by atoms with van der Waals surface area (Å²) in [5.74, 6) is 0.151. The Hall–Kier alpha value is -3.22. The second-order valence-corrected chi connectivity index (χ2v) is 5.72. The van der Waals surface area contributed by atoms with Crippen LogP contribution in [0.2, 0.25) is 0 Å². The second-order valence-electron chi connectivity index (χ2n) is 5.72. The van der Waals surface area contributed by atoms with Crippen LogP contribution >= 0.6 is 0 Å². The van der Waals surface area contributed by atoms with Crippen LogP contribution < -0.4 is 15.5 Å². The molecule has 2 N–H and O–H groups in total. The van der Waals surface area contributed by atoms with Crippen LogP contribution in [-0.4, -0.2) is 29.6 Å². The van der Waals surface area contributed by atoms with Gasteiger partial charge < -0.3 is 10.1 Å². The number of pyridine rings is 1. The molecule has 0 saturated heterocycles. The van der Waals surface area contributed by atoms with Gasteiger partial charge in [-0.25, -0.2) is 5.43 Å². The van der Waals surface area contributed by atoms with Gasteiger partial charge in [0.1, 0.15) is 11.4 Å². The standard InChI is InChI=1S/C18H18N4O3/c1-11-9-16(23)21-22-17(11)13-7-6-12(10-15(13)25-2)20-18(24)14-5-3-4-8-19-14/h3-8,10-11H,9H2,1-2H3,(H,20,24)(H,21,23). The Balaban J connectivity index is 1.85. The summed E-state index contributed by atoms with van der Waals surface area (Å²) in [7, 11) is 1.55. The molecule has 25 heavy (non-hydrogen) atoms. The van der Waals surface area contributed by atoms with Crippen LogP contribution in [0.15, 0.2) is 47.7 Å². The van der Waals surface area contributed by atoms with Crippen molar-refractivity contribution in [2.75, 3.05) is 12.4 Å². The third kappa shape index (κ3) is 3.65. The number of hydrogen-bond acceptors (Lipinski definition) is 5. The van der Waals surface area contributed by atoms with Gasteiger partial charge in [0, 0.05) is 35.9 Å². The molecule has 0 fully saturated rings. The Morgan fingerprint density at radius 1 is 1.32 bits per heavy atom. The van der Waals surface area contributed by atoms with Crippen LogP contribution in [0.5, 0.6) is 5.75 Å². The maximum absolute atomic E-state index is 12.2. The number of methoxy groups -OCH3 is 1. The first-order chi connectivity index (χ1) is 12.1. The highest BCUT2D eigenvalue weighted by molar-refractivity contribution is 6.08. The first-order valence-corrected chi connectivity index (χ1v) is 7.85. The summed E-state index contributed by atoms with van der Waals surface area (Å²) in [6.07, 6.45) is 1.94. The van der Waals surface area contributed by atoms with E-state index in [1.165, 1.54) is 0 Å². The predicted octanol–water partition coefficient (Wildman–Crippen LogP) is 2.20. The number of carbonyl (C=O) groups is 2. The summed E-state index contributed by atoms with van der Waals surface area (Å²) in [5, 5.41) is 6.94. The molecule has 7 nitrogen and oxygen atoms in total. The second kappa shape index (κ2) is 7.12. The zero-order valence-electron chi connectivity index (χ0n) is 13.9. The summed E-state index contributed by atoms with van der Waals surface area (Å²) in [6.45, 7) is 1.94. The lowest BCUT2D eigenvalue weighted by molar-refractivity contribution is -0.121. The molecule has 0 bridgehead atoms. The van der Waals surface area contributed by atoms with E-state index < -0.39 is 0 Å². The van der Waals surface area contributed by atoms with Crippen molar-refractivity contribution in [3.05, 3.63) is 53.9 Å². The number of amides is 2. The van der Waals surface area contributed by atoms with Crippen molar-refractivity contribution in [1.29, 1.82) is 0 Å². The minimum atomic E-state index is -0.300. The van der Waals surface area contributed by atoms with E-state index in [9.17, 15) is 9.59 Å². The van der Waals surface area contributed by atoms with Gasteiger partial charge in [-0.15, -0.1) is 0 Å². The Labute approximate surface area is 145 Å². The minimum Gasteiger partial charge on any atom is -0.496 e. The molecule has 0 saturated carbocycles. The molecule has 0 aliphatic carbocycles. The molecule has 0 radical (unpaired) electrons. The van der Waals surface area contributed by atoms with E-state index in [0.717, 1.165) is 11.3 Å². The fourth-order valence-corrected chi connectivity index (χ4v) is 2.65. The first-order valence-electron chi connectivity index (χ1n) is 7.85. The lowest BCUT2D eigenvalue weighted by atomic mass is 9.93. The van der Waals surface area contributed by atoms with Crippen molar-refractivity contribution in [3.8, 4) is 5.75 Å². The van der Waals surface area contributed by atoms with E-state index in [1.54, 1.807) is 43.6 Å². The van der Waals surface area contributed by atoms with Gasteiger partial charge in [0.2, 0.25) is 5.91 Å².